The topological polar surface area (TPSA) is 189 Å². The average molecular weight is 1150 g/mol. The second kappa shape index (κ2) is 58.5. The predicted octanol–water partition coefficient (Wildman–Crippen LogP) is 16.4. The van der Waals surface area contributed by atoms with Gasteiger partial charge in [0.25, 0.3) is 0 Å². The van der Waals surface area contributed by atoms with Gasteiger partial charge in [-0.2, -0.15) is 0 Å². The Morgan fingerprint density at radius 2 is 0.741 bits per heavy atom. The maximum atomic E-state index is 13.2. The quantitative estimate of drug-likeness (QED) is 0.0215. The lowest BCUT2D eigenvalue weighted by molar-refractivity contribution is -0.303. The van der Waals surface area contributed by atoms with Crippen LogP contribution in [0.1, 0.15) is 322 Å². The highest BCUT2D eigenvalue weighted by Gasteiger charge is 2.44. The van der Waals surface area contributed by atoms with Gasteiger partial charge >= 0.3 is 0 Å². The van der Waals surface area contributed by atoms with E-state index < -0.39 is 74.2 Å². The summed E-state index contributed by atoms with van der Waals surface area (Å²) >= 11 is 0. The third kappa shape index (κ3) is 46.0. The van der Waals surface area contributed by atoms with Crippen LogP contribution in [0, 0.1) is 0 Å². The van der Waals surface area contributed by atoms with Gasteiger partial charge in [0.1, 0.15) is 36.6 Å². The predicted molar refractivity (Wildman–Crippen MR) is 339 cm³/mol. The van der Waals surface area contributed by atoms with Crippen LogP contribution in [0.3, 0.4) is 0 Å². The summed E-state index contributed by atoms with van der Waals surface area (Å²) in [5.74, 6) is -0.709. The van der Waals surface area contributed by atoms with Gasteiger partial charge < -0.3 is 50.5 Å². The van der Waals surface area contributed by atoms with Crippen LogP contribution in [0.5, 0.6) is 0 Å². The molecule has 9 atom stereocenters. The van der Waals surface area contributed by atoms with Crippen LogP contribution in [0.25, 0.3) is 0 Å². The zero-order valence-electron chi connectivity index (χ0n) is 52.5. The Morgan fingerprint density at radius 1 is 0.420 bits per heavy atom. The third-order valence-electron chi connectivity index (χ3n) is 16.6. The molecular formula is C70H131NO10. The van der Waals surface area contributed by atoms with Crippen molar-refractivity contribution < 1.29 is 50.0 Å². The molecule has 0 radical (unpaired) electrons. The number of carbonyl (C=O) groups is 1. The number of allylic oxidation sites excluding steroid dienone is 8. The average Bonchev–Trinajstić information content (AvgIpc) is 3.51. The second-order valence-electron chi connectivity index (χ2n) is 24.2. The molecule has 476 valence electrons. The molecule has 9 unspecified atom stereocenters. The summed E-state index contributed by atoms with van der Waals surface area (Å²) in [7, 11) is 0. The summed E-state index contributed by atoms with van der Waals surface area (Å²) < 4.78 is 11.2. The number of unbranched alkanes of at least 4 members (excludes halogenated alkanes) is 40. The van der Waals surface area contributed by atoms with Crippen molar-refractivity contribution in [1.82, 2.24) is 5.32 Å². The zero-order chi connectivity index (χ0) is 58.9. The number of aliphatic hydroxyl groups excluding tert-OH is 7. The Hall–Kier alpha value is -1.93. The molecule has 11 heteroatoms. The maximum Gasteiger partial charge on any atom is 0.249 e. The first-order valence-corrected chi connectivity index (χ1v) is 34.5. The molecule has 1 aliphatic heterocycles. The van der Waals surface area contributed by atoms with Crippen molar-refractivity contribution in [1.29, 1.82) is 0 Å². The Bertz CT molecular complexity index is 1460. The van der Waals surface area contributed by atoms with Crippen molar-refractivity contribution in [2.24, 2.45) is 0 Å². The minimum absolute atomic E-state index is 0.241. The molecule has 0 saturated carbocycles. The summed E-state index contributed by atoms with van der Waals surface area (Å²) in [5, 5.41) is 76.4. The van der Waals surface area contributed by atoms with E-state index in [1.807, 2.05) is 0 Å². The first-order valence-electron chi connectivity index (χ1n) is 34.5. The van der Waals surface area contributed by atoms with Crippen molar-refractivity contribution in [3.05, 3.63) is 48.6 Å². The molecule has 1 saturated heterocycles. The number of carbonyl (C=O) groups excluding carboxylic acids is 1. The molecule has 1 rings (SSSR count). The van der Waals surface area contributed by atoms with E-state index in [1.54, 1.807) is 0 Å². The molecular weight excluding hydrogens is 1010 g/mol. The van der Waals surface area contributed by atoms with Gasteiger partial charge in [-0.05, 0) is 89.9 Å². The van der Waals surface area contributed by atoms with Crippen LogP contribution in [0.4, 0.5) is 0 Å². The van der Waals surface area contributed by atoms with Crippen LogP contribution in [0.2, 0.25) is 0 Å². The van der Waals surface area contributed by atoms with Gasteiger partial charge in [0.2, 0.25) is 5.91 Å². The Labute approximate surface area is 498 Å². The molecule has 0 aromatic heterocycles. The van der Waals surface area contributed by atoms with E-state index in [0.717, 1.165) is 44.9 Å². The van der Waals surface area contributed by atoms with E-state index in [2.05, 4.69) is 67.8 Å². The second-order valence-corrected chi connectivity index (χ2v) is 24.2. The number of rotatable bonds is 60. The van der Waals surface area contributed by atoms with Crippen LogP contribution in [-0.4, -0.2) is 110 Å². The minimum Gasteiger partial charge on any atom is -0.394 e. The van der Waals surface area contributed by atoms with Crippen LogP contribution >= 0.6 is 0 Å². The lowest BCUT2D eigenvalue weighted by Gasteiger charge is -2.40. The monoisotopic (exact) mass is 1150 g/mol. The zero-order valence-corrected chi connectivity index (χ0v) is 52.5. The molecule has 0 spiro atoms. The van der Waals surface area contributed by atoms with E-state index in [9.17, 15) is 40.5 Å². The summed E-state index contributed by atoms with van der Waals surface area (Å²) in [6, 6.07) is -1.20. The number of amides is 1. The Morgan fingerprint density at radius 3 is 1.10 bits per heavy atom. The number of hydrogen-bond acceptors (Lipinski definition) is 10. The van der Waals surface area contributed by atoms with Crippen molar-refractivity contribution in [2.45, 2.75) is 377 Å². The first-order chi connectivity index (χ1) is 39.7. The van der Waals surface area contributed by atoms with Gasteiger partial charge in [0, 0.05) is 0 Å². The fourth-order valence-electron chi connectivity index (χ4n) is 11.0. The van der Waals surface area contributed by atoms with E-state index >= 15 is 0 Å². The van der Waals surface area contributed by atoms with E-state index in [1.165, 1.54) is 231 Å². The minimum atomic E-state index is -1.67. The number of hydrogen-bond donors (Lipinski definition) is 8. The first kappa shape index (κ1) is 77.1. The largest absolute Gasteiger partial charge is 0.394 e. The van der Waals surface area contributed by atoms with Gasteiger partial charge in [-0.3, -0.25) is 4.79 Å². The maximum absolute atomic E-state index is 13.2. The van der Waals surface area contributed by atoms with Crippen LogP contribution in [0.15, 0.2) is 48.6 Å². The highest BCUT2D eigenvalue weighted by Crippen LogP contribution is 2.24. The van der Waals surface area contributed by atoms with Crippen LogP contribution < -0.4 is 5.32 Å². The van der Waals surface area contributed by atoms with Gasteiger partial charge in [0.05, 0.1) is 25.4 Å². The molecule has 11 nitrogen and oxygen atoms in total. The summed E-state index contributed by atoms with van der Waals surface area (Å²) in [6.07, 6.45) is 64.8. The highest BCUT2D eigenvalue weighted by molar-refractivity contribution is 5.80. The molecule has 0 bridgehead atoms. The SMILES string of the molecule is CCCCCCCCCCCCCC/C=C\CCCCCCCCCCCCCCCC(O)C(=O)NC(COC1OC(CO)C(O)C(O)C1O)C(O)C(O)CCC/C=C/CC/C=C/CC/C=C/CCCCCCCCCCCCCC. The van der Waals surface area contributed by atoms with Crippen molar-refractivity contribution in [3.63, 3.8) is 0 Å². The summed E-state index contributed by atoms with van der Waals surface area (Å²) in [6.45, 7) is 3.48. The number of nitrogens with one attached hydrogen (secondary N) is 1. The lowest BCUT2D eigenvalue weighted by atomic mass is 9.98. The van der Waals surface area contributed by atoms with Gasteiger partial charge in [0.15, 0.2) is 6.29 Å². The molecule has 1 fully saturated rings. The smallest absolute Gasteiger partial charge is 0.249 e. The van der Waals surface area contributed by atoms with Gasteiger partial charge in [-0.25, -0.2) is 0 Å². The molecule has 0 aromatic carbocycles. The fraction of sp³-hybridized carbons (Fsp3) is 0.871. The standard InChI is InChI=1S/C70H131NO10/c1-3-5-7-9-11-13-15-17-19-21-23-25-27-29-30-31-32-34-36-38-40-42-44-46-48-50-52-54-56-58-63(74)69(79)71-61(60-80-70-68(78)67(77)66(76)64(59-72)81-70)65(75)62(73)57-55-53-51-49-47-45-43-41-39-37-35-33-28-26-24-22-20-18-16-14-12-10-8-6-4-2/h29-30,33,35,41,43,49,51,61-68,70,72-78H,3-28,31-32,34,36-40,42,44-48,50,52-60H2,1-2H3,(H,71,79)/b30-29-,35-33+,43-41+,51-49+. The molecule has 0 aromatic rings. The number of aliphatic hydroxyl groups is 7. The molecule has 8 N–H and O–H groups in total. The van der Waals surface area contributed by atoms with Crippen molar-refractivity contribution >= 4 is 5.91 Å². The Kier molecular flexibility index (Phi) is 55.6. The fourth-order valence-corrected chi connectivity index (χ4v) is 11.0. The molecule has 81 heavy (non-hydrogen) atoms. The molecule has 1 aliphatic rings. The van der Waals surface area contributed by atoms with Crippen molar-refractivity contribution in [2.75, 3.05) is 13.2 Å². The molecule has 1 heterocycles. The van der Waals surface area contributed by atoms with Gasteiger partial charge in [-0.1, -0.05) is 281 Å². The normalized spacial score (nSPS) is 19.4. The molecule has 0 aliphatic carbocycles. The van der Waals surface area contributed by atoms with Crippen molar-refractivity contribution in [3.8, 4) is 0 Å². The van der Waals surface area contributed by atoms with E-state index in [4.69, 9.17) is 9.47 Å². The summed E-state index contributed by atoms with van der Waals surface area (Å²) in [4.78, 5) is 13.2. The highest BCUT2D eigenvalue weighted by atomic mass is 16.7. The third-order valence-corrected chi connectivity index (χ3v) is 16.6. The van der Waals surface area contributed by atoms with Gasteiger partial charge in [-0.15, -0.1) is 0 Å². The number of ether oxygens (including phenoxy) is 2. The van der Waals surface area contributed by atoms with E-state index in [-0.39, 0.29) is 12.8 Å². The van der Waals surface area contributed by atoms with E-state index in [0.29, 0.717) is 19.3 Å². The Balaban J connectivity index is 2.25. The molecule has 1 amide bonds. The summed E-state index contributed by atoms with van der Waals surface area (Å²) in [5.41, 5.74) is 0. The lowest BCUT2D eigenvalue weighted by Crippen LogP contribution is -2.60. The van der Waals surface area contributed by atoms with Crippen LogP contribution in [-0.2, 0) is 14.3 Å².